The van der Waals surface area contributed by atoms with Gasteiger partial charge in [-0.25, -0.2) is 0 Å². The fourth-order valence-corrected chi connectivity index (χ4v) is 0.644. The third-order valence-corrected chi connectivity index (χ3v) is 1.87. The first-order valence-corrected chi connectivity index (χ1v) is 4.30. The van der Waals surface area contributed by atoms with E-state index in [1.807, 2.05) is 0 Å². The lowest BCUT2D eigenvalue weighted by atomic mass is 10.6. The van der Waals surface area contributed by atoms with Gasteiger partial charge in [0.1, 0.15) is 0 Å². The molecule has 6 nitrogen and oxygen atoms in total. The van der Waals surface area contributed by atoms with Gasteiger partial charge in [0.25, 0.3) is 10.1 Å². The van der Waals surface area contributed by atoms with Crippen molar-refractivity contribution in [2.45, 2.75) is 12.3 Å². The number of carbonyl (C=O) groups excluding carboxylic acids is 1. The van der Waals surface area contributed by atoms with Crippen LogP contribution in [-0.4, -0.2) is 30.8 Å². The monoisotopic (exact) mass is 182 g/mol. The molecule has 0 aromatic carbocycles. The normalized spacial score (nSPS) is 14.1. The lowest BCUT2D eigenvalue weighted by molar-refractivity contribution is -0.118. The molecule has 0 aliphatic heterocycles. The van der Waals surface area contributed by atoms with Gasteiger partial charge >= 0.3 is 0 Å². The van der Waals surface area contributed by atoms with Crippen molar-refractivity contribution in [2.24, 2.45) is 5.73 Å². The van der Waals surface area contributed by atoms with Crippen LogP contribution in [-0.2, 0) is 14.9 Å². The molecule has 0 spiro atoms. The fourth-order valence-electron chi connectivity index (χ4n) is 0.350. The van der Waals surface area contributed by atoms with Crippen molar-refractivity contribution in [3.8, 4) is 0 Å². The summed E-state index contributed by atoms with van der Waals surface area (Å²) in [6, 6.07) is 0. The first kappa shape index (κ1) is 10.3. The molecule has 7 heteroatoms. The zero-order chi connectivity index (χ0) is 9.07. The fraction of sp³-hybridized carbons (Fsp3) is 0.750. The largest absolute Gasteiger partial charge is 0.354 e. The van der Waals surface area contributed by atoms with Gasteiger partial charge in [0.15, 0.2) is 5.37 Å². The number of amides is 1. The molecule has 1 amide bonds. The highest BCUT2D eigenvalue weighted by atomic mass is 32.2. The van der Waals surface area contributed by atoms with E-state index < -0.39 is 21.4 Å². The summed E-state index contributed by atoms with van der Waals surface area (Å²) >= 11 is 0. The zero-order valence-electron chi connectivity index (χ0n) is 5.94. The predicted molar refractivity (Wildman–Crippen MR) is 38.2 cm³/mol. The number of hydrogen-bond acceptors (Lipinski definition) is 4. The number of nitrogens with two attached hydrogens (primary N) is 1. The highest BCUT2D eigenvalue weighted by Gasteiger charge is 2.17. The molecule has 0 saturated carbocycles. The topological polar surface area (TPSA) is 109 Å². The number of hydrogen-bond donors (Lipinski definition) is 3. The van der Waals surface area contributed by atoms with Crippen LogP contribution in [0.5, 0.6) is 0 Å². The second-order valence-corrected chi connectivity index (χ2v) is 3.63. The second-order valence-electron chi connectivity index (χ2n) is 1.99. The van der Waals surface area contributed by atoms with Crippen LogP contribution in [0.2, 0.25) is 0 Å². The molecule has 0 heterocycles. The molecule has 11 heavy (non-hydrogen) atoms. The Kier molecular flexibility index (Phi) is 3.43. The Morgan fingerprint density at radius 2 is 2.18 bits per heavy atom. The molecule has 0 aromatic heterocycles. The van der Waals surface area contributed by atoms with E-state index in [1.165, 1.54) is 6.92 Å². The Labute approximate surface area is 64.5 Å². The Bertz CT molecular complexity index is 234. The summed E-state index contributed by atoms with van der Waals surface area (Å²) in [6.45, 7) is 0.935. The number of rotatable bonds is 3. The average molecular weight is 182 g/mol. The molecule has 4 N–H and O–H groups in total. The van der Waals surface area contributed by atoms with E-state index in [1.54, 1.807) is 0 Å². The van der Waals surface area contributed by atoms with Gasteiger partial charge in [-0.1, -0.05) is 0 Å². The molecule has 1 unspecified atom stereocenters. The Balaban J connectivity index is 3.90. The maximum atomic E-state index is 10.2. The third kappa shape index (κ3) is 4.71. The van der Waals surface area contributed by atoms with Crippen molar-refractivity contribution >= 4 is 16.0 Å². The van der Waals surface area contributed by atoms with E-state index in [4.69, 9.17) is 10.3 Å². The quantitative estimate of drug-likeness (QED) is 0.450. The van der Waals surface area contributed by atoms with Crippen molar-refractivity contribution in [1.29, 1.82) is 0 Å². The van der Waals surface area contributed by atoms with E-state index in [0.717, 1.165) is 0 Å². The zero-order valence-corrected chi connectivity index (χ0v) is 6.76. The molecule has 0 aliphatic carbocycles. The van der Waals surface area contributed by atoms with Gasteiger partial charge in [-0.15, -0.1) is 0 Å². The Morgan fingerprint density at radius 1 is 1.73 bits per heavy atom. The summed E-state index contributed by atoms with van der Waals surface area (Å²) < 4.78 is 28.7. The molecule has 0 saturated heterocycles. The maximum absolute atomic E-state index is 10.2. The third-order valence-electron chi connectivity index (χ3n) is 0.935. The lowest BCUT2D eigenvalue weighted by Gasteiger charge is -2.07. The molecule has 0 aliphatic rings. The molecule has 66 valence electrons. The van der Waals surface area contributed by atoms with Crippen molar-refractivity contribution in [2.75, 3.05) is 6.54 Å². The lowest BCUT2D eigenvalue weighted by Crippen LogP contribution is -2.41. The van der Waals surface area contributed by atoms with Crippen LogP contribution >= 0.6 is 0 Å². The van der Waals surface area contributed by atoms with E-state index in [9.17, 15) is 13.2 Å². The van der Waals surface area contributed by atoms with Gasteiger partial charge in [-0.05, 0) is 0 Å². The van der Waals surface area contributed by atoms with Crippen LogP contribution in [0.15, 0.2) is 0 Å². The highest BCUT2D eigenvalue weighted by Crippen LogP contribution is 1.87. The number of nitrogens with one attached hydrogen (secondary N) is 1. The first-order chi connectivity index (χ1) is 4.84. The highest BCUT2D eigenvalue weighted by molar-refractivity contribution is 7.86. The van der Waals surface area contributed by atoms with E-state index in [0.29, 0.717) is 0 Å². The van der Waals surface area contributed by atoms with Crippen molar-refractivity contribution in [3.05, 3.63) is 0 Å². The van der Waals surface area contributed by atoms with Crippen LogP contribution in [0.3, 0.4) is 0 Å². The summed E-state index contributed by atoms with van der Waals surface area (Å²) in [5.74, 6) is -0.399. The summed E-state index contributed by atoms with van der Waals surface area (Å²) in [6.07, 6.45) is 0. The van der Waals surface area contributed by atoms with Gasteiger partial charge < -0.3 is 11.1 Å². The smallest absolute Gasteiger partial charge is 0.282 e. The van der Waals surface area contributed by atoms with Crippen LogP contribution < -0.4 is 11.1 Å². The second kappa shape index (κ2) is 3.65. The Hall–Kier alpha value is -0.660. The SMILES string of the molecule is CC(=O)NCC(N)S(=O)(=O)O. The standard InChI is InChI=1S/C4H10N2O4S/c1-3(7)6-2-4(5)11(8,9)10/h4H,2,5H2,1H3,(H,6,7)(H,8,9,10). The molecule has 1 atom stereocenters. The van der Waals surface area contributed by atoms with Gasteiger partial charge in [-0.2, -0.15) is 8.42 Å². The van der Waals surface area contributed by atoms with Crippen LogP contribution in [0.1, 0.15) is 6.92 Å². The molecular formula is C4H10N2O4S. The maximum Gasteiger partial charge on any atom is 0.282 e. The minimum Gasteiger partial charge on any atom is -0.354 e. The van der Waals surface area contributed by atoms with Gasteiger partial charge in [0.05, 0.1) is 0 Å². The summed E-state index contributed by atoms with van der Waals surface area (Å²) in [5, 5.41) is 0.696. The molecule has 0 bridgehead atoms. The van der Waals surface area contributed by atoms with Gasteiger partial charge in [-0.3, -0.25) is 9.35 Å². The summed E-state index contributed by atoms with van der Waals surface area (Å²) in [5.41, 5.74) is 4.95. The van der Waals surface area contributed by atoms with Crippen molar-refractivity contribution in [3.63, 3.8) is 0 Å². The molecule has 0 radical (unpaired) electrons. The van der Waals surface area contributed by atoms with Crippen molar-refractivity contribution < 1.29 is 17.8 Å². The minimum absolute atomic E-state index is 0.284. The summed E-state index contributed by atoms with van der Waals surface area (Å²) in [4.78, 5) is 10.2. The van der Waals surface area contributed by atoms with Crippen LogP contribution in [0, 0.1) is 0 Å². The molecule has 0 rings (SSSR count). The molecular weight excluding hydrogens is 172 g/mol. The van der Waals surface area contributed by atoms with Gasteiger partial charge in [0, 0.05) is 13.5 Å². The van der Waals surface area contributed by atoms with Crippen LogP contribution in [0.25, 0.3) is 0 Å². The number of carbonyl (C=O) groups is 1. The van der Waals surface area contributed by atoms with E-state index >= 15 is 0 Å². The van der Waals surface area contributed by atoms with Crippen molar-refractivity contribution in [1.82, 2.24) is 5.32 Å². The van der Waals surface area contributed by atoms with Gasteiger partial charge in [0.2, 0.25) is 5.91 Å². The minimum atomic E-state index is -4.24. The van der Waals surface area contributed by atoms with Crippen LogP contribution in [0.4, 0.5) is 0 Å². The average Bonchev–Trinajstić information content (AvgIpc) is 1.80. The molecule has 0 fully saturated rings. The van der Waals surface area contributed by atoms with E-state index in [-0.39, 0.29) is 6.54 Å². The first-order valence-electron chi connectivity index (χ1n) is 2.80. The molecule has 0 aromatic rings. The summed E-state index contributed by atoms with van der Waals surface area (Å²) in [7, 11) is -4.24. The Morgan fingerprint density at radius 3 is 2.45 bits per heavy atom. The van der Waals surface area contributed by atoms with E-state index in [2.05, 4.69) is 5.32 Å². The predicted octanol–water partition coefficient (Wildman–Crippen LogP) is -1.70.